The number of anilines is 1. The average molecular weight is 263 g/mol. The summed E-state index contributed by atoms with van der Waals surface area (Å²) in [7, 11) is 0. The van der Waals surface area contributed by atoms with Crippen LogP contribution in [0.15, 0.2) is 18.2 Å². The van der Waals surface area contributed by atoms with Crippen molar-refractivity contribution in [2.75, 3.05) is 5.32 Å². The number of nitrogens with zero attached hydrogens (tertiary/aromatic N) is 1. The van der Waals surface area contributed by atoms with Gasteiger partial charge in [-0.15, -0.1) is 0 Å². The van der Waals surface area contributed by atoms with E-state index in [1.54, 1.807) is 19.1 Å². The van der Waals surface area contributed by atoms with E-state index in [-0.39, 0.29) is 17.8 Å². The highest BCUT2D eigenvalue weighted by molar-refractivity contribution is 5.90. The standard InChI is InChI=1S/C13H17N3O3/c1-9-11(7-4-8-12(9)16(18)19)15-13(17)14-10-5-2-3-6-10/h4,7-8,10H,2-3,5-6H2,1H3,(H2,14,15,17). The zero-order chi connectivity index (χ0) is 13.8. The summed E-state index contributed by atoms with van der Waals surface area (Å²) in [5, 5.41) is 16.4. The zero-order valence-corrected chi connectivity index (χ0v) is 10.8. The highest BCUT2D eigenvalue weighted by Crippen LogP contribution is 2.25. The second kappa shape index (κ2) is 5.69. The van der Waals surface area contributed by atoms with E-state index in [0.717, 1.165) is 25.7 Å². The summed E-state index contributed by atoms with van der Waals surface area (Å²) in [6.07, 6.45) is 4.28. The van der Waals surface area contributed by atoms with Crippen LogP contribution in [0.25, 0.3) is 0 Å². The van der Waals surface area contributed by atoms with Crippen molar-refractivity contribution in [1.29, 1.82) is 0 Å². The van der Waals surface area contributed by atoms with E-state index in [4.69, 9.17) is 0 Å². The van der Waals surface area contributed by atoms with Crippen molar-refractivity contribution >= 4 is 17.4 Å². The van der Waals surface area contributed by atoms with Crippen LogP contribution in [0.3, 0.4) is 0 Å². The average Bonchev–Trinajstić information content (AvgIpc) is 2.84. The molecule has 1 aromatic carbocycles. The van der Waals surface area contributed by atoms with E-state index < -0.39 is 4.92 Å². The van der Waals surface area contributed by atoms with Gasteiger partial charge in [0.05, 0.1) is 16.2 Å². The summed E-state index contributed by atoms with van der Waals surface area (Å²) in [5.74, 6) is 0. The van der Waals surface area contributed by atoms with Gasteiger partial charge < -0.3 is 10.6 Å². The molecule has 0 unspecified atom stereocenters. The zero-order valence-electron chi connectivity index (χ0n) is 10.8. The fourth-order valence-corrected chi connectivity index (χ4v) is 2.37. The molecule has 0 atom stereocenters. The second-order valence-corrected chi connectivity index (χ2v) is 4.79. The smallest absolute Gasteiger partial charge is 0.319 e. The molecular formula is C13H17N3O3. The number of carbonyl (C=O) groups excluding carboxylic acids is 1. The Bertz CT molecular complexity index is 496. The highest BCUT2D eigenvalue weighted by Gasteiger charge is 2.19. The fraction of sp³-hybridized carbons (Fsp3) is 0.462. The predicted molar refractivity (Wildman–Crippen MR) is 72.2 cm³/mol. The molecule has 0 aromatic heterocycles. The van der Waals surface area contributed by atoms with Gasteiger partial charge in [0.15, 0.2) is 0 Å². The van der Waals surface area contributed by atoms with Gasteiger partial charge in [0.2, 0.25) is 0 Å². The predicted octanol–water partition coefficient (Wildman–Crippen LogP) is 2.97. The number of nitro benzene ring substituents is 1. The van der Waals surface area contributed by atoms with Gasteiger partial charge in [-0.25, -0.2) is 4.79 Å². The Balaban J connectivity index is 2.04. The van der Waals surface area contributed by atoms with Crippen LogP contribution in [0.5, 0.6) is 0 Å². The van der Waals surface area contributed by atoms with Crippen LogP contribution in [-0.2, 0) is 0 Å². The summed E-state index contributed by atoms with van der Waals surface area (Å²) in [6, 6.07) is 4.58. The van der Waals surface area contributed by atoms with Crippen LogP contribution in [0.2, 0.25) is 0 Å². The van der Waals surface area contributed by atoms with Crippen molar-refractivity contribution in [3.63, 3.8) is 0 Å². The van der Waals surface area contributed by atoms with E-state index in [2.05, 4.69) is 10.6 Å². The number of benzene rings is 1. The van der Waals surface area contributed by atoms with Crippen LogP contribution in [0, 0.1) is 17.0 Å². The van der Waals surface area contributed by atoms with Gasteiger partial charge in [-0.3, -0.25) is 10.1 Å². The van der Waals surface area contributed by atoms with Gasteiger partial charge >= 0.3 is 6.03 Å². The normalized spacial score (nSPS) is 15.2. The van der Waals surface area contributed by atoms with Crippen LogP contribution in [-0.4, -0.2) is 17.0 Å². The number of nitro groups is 1. The summed E-state index contributed by atoms with van der Waals surface area (Å²) < 4.78 is 0. The largest absolute Gasteiger partial charge is 0.335 e. The van der Waals surface area contributed by atoms with Crippen molar-refractivity contribution in [2.45, 2.75) is 38.6 Å². The summed E-state index contributed by atoms with van der Waals surface area (Å²) in [6.45, 7) is 1.63. The Morgan fingerprint density at radius 3 is 2.68 bits per heavy atom. The Morgan fingerprint density at radius 2 is 2.05 bits per heavy atom. The van der Waals surface area contributed by atoms with E-state index in [0.29, 0.717) is 11.3 Å². The third kappa shape index (κ3) is 3.21. The summed E-state index contributed by atoms with van der Waals surface area (Å²) in [4.78, 5) is 22.2. The number of rotatable bonds is 3. The number of amides is 2. The third-order valence-corrected chi connectivity index (χ3v) is 3.44. The molecule has 1 aliphatic rings. The minimum Gasteiger partial charge on any atom is -0.335 e. The topological polar surface area (TPSA) is 84.3 Å². The van der Waals surface area contributed by atoms with Crippen LogP contribution >= 0.6 is 0 Å². The van der Waals surface area contributed by atoms with Crippen molar-refractivity contribution < 1.29 is 9.72 Å². The van der Waals surface area contributed by atoms with E-state index in [1.165, 1.54) is 6.07 Å². The first-order chi connectivity index (χ1) is 9.08. The van der Waals surface area contributed by atoms with Gasteiger partial charge in [-0.1, -0.05) is 18.9 Å². The molecule has 0 radical (unpaired) electrons. The molecule has 0 aliphatic heterocycles. The molecule has 102 valence electrons. The Morgan fingerprint density at radius 1 is 1.37 bits per heavy atom. The molecule has 2 amide bonds. The van der Waals surface area contributed by atoms with Crippen molar-refractivity contribution in [1.82, 2.24) is 5.32 Å². The lowest BCUT2D eigenvalue weighted by Crippen LogP contribution is -2.36. The number of hydrogen-bond acceptors (Lipinski definition) is 3. The van der Waals surface area contributed by atoms with Crippen molar-refractivity contribution in [2.24, 2.45) is 0 Å². The van der Waals surface area contributed by atoms with Crippen molar-refractivity contribution in [3.8, 4) is 0 Å². The molecule has 1 saturated carbocycles. The van der Waals surface area contributed by atoms with Crippen LogP contribution in [0.4, 0.5) is 16.2 Å². The molecule has 0 heterocycles. The first-order valence-electron chi connectivity index (χ1n) is 6.39. The molecule has 1 fully saturated rings. The quantitative estimate of drug-likeness (QED) is 0.649. The first-order valence-corrected chi connectivity index (χ1v) is 6.39. The Hall–Kier alpha value is -2.11. The molecule has 2 N–H and O–H groups in total. The Kier molecular flexibility index (Phi) is 3.99. The molecular weight excluding hydrogens is 246 g/mol. The van der Waals surface area contributed by atoms with Crippen LogP contribution < -0.4 is 10.6 Å². The maximum Gasteiger partial charge on any atom is 0.319 e. The van der Waals surface area contributed by atoms with Gasteiger partial charge in [-0.05, 0) is 25.8 Å². The number of carbonyl (C=O) groups is 1. The third-order valence-electron chi connectivity index (χ3n) is 3.44. The SMILES string of the molecule is Cc1c(NC(=O)NC2CCCC2)cccc1[N+](=O)[O-]. The maximum absolute atomic E-state index is 11.8. The lowest BCUT2D eigenvalue weighted by Gasteiger charge is -2.14. The molecule has 6 heteroatoms. The Labute approximate surface area is 111 Å². The lowest BCUT2D eigenvalue weighted by atomic mass is 10.1. The van der Waals surface area contributed by atoms with Gasteiger partial charge in [0, 0.05) is 12.1 Å². The van der Waals surface area contributed by atoms with Gasteiger partial charge in [0.1, 0.15) is 0 Å². The van der Waals surface area contributed by atoms with Gasteiger partial charge in [-0.2, -0.15) is 0 Å². The number of hydrogen-bond donors (Lipinski definition) is 2. The fourth-order valence-electron chi connectivity index (χ4n) is 2.37. The van der Waals surface area contributed by atoms with E-state index >= 15 is 0 Å². The van der Waals surface area contributed by atoms with E-state index in [1.807, 2.05) is 0 Å². The first kappa shape index (κ1) is 13.3. The molecule has 19 heavy (non-hydrogen) atoms. The molecule has 6 nitrogen and oxygen atoms in total. The highest BCUT2D eigenvalue weighted by atomic mass is 16.6. The minimum absolute atomic E-state index is 0.0127. The molecule has 0 bridgehead atoms. The molecule has 0 saturated heterocycles. The lowest BCUT2D eigenvalue weighted by molar-refractivity contribution is -0.385. The minimum atomic E-state index is -0.449. The summed E-state index contributed by atoms with van der Waals surface area (Å²) in [5.41, 5.74) is 0.956. The molecule has 0 spiro atoms. The monoisotopic (exact) mass is 263 g/mol. The second-order valence-electron chi connectivity index (χ2n) is 4.79. The van der Waals surface area contributed by atoms with Gasteiger partial charge in [0.25, 0.3) is 5.69 Å². The molecule has 1 aromatic rings. The molecule has 1 aliphatic carbocycles. The van der Waals surface area contributed by atoms with E-state index in [9.17, 15) is 14.9 Å². The maximum atomic E-state index is 11.8. The molecule has 2 rings (SSSR count). The van der Waals surface area contributed by atoms with Crippen molar-refractivity contribution in [3.05, 3.63) is 33.9 Å². The van der Waals surface area contributed by atoms with Crippen LogP contribution in [0.1, 0.15) is 31.2 Å². The summed E-state index contributed by atoms with van der Waals surface area (Å²) >= 11 is 0. The number of nitrogens with one attached hydrogen (secondary N) is 2. The number of urea groups is 1.